The maximum atomic E-state index is 9.89. The molecule has 1 aromatic heterocycles. The Bertz CT molecular complexity index is 499. The molecule has 0 saturated carbocycles. The van der Waals surface area contributed by atoms with Gasteiger partial charge in [0.2, 0.25) is 0 Å². The van der Waals surface area contributed by atoms with Crippen molar-refractivity contribution in [2.45, 2.75) is 6.10 Å². The first-order chi connectivity index (χ1) is 8.16. The molecule has 0 aliphatic rings. The summed E-state index contributed by atoms with van der Waals surface area (Å²) in [7, 11) is 0. The van der Waals surface area contributed by atoms with Gasteiger partial charge in [-0.15, -0.1) is 11.3 Å². The van der Waals surface area contributed by atoms with Crippen LogP contribution in [0.4, 0.5) is 0 Å². The third-order valence-electron chi connectivity index (χ3n) is 2.15. The van der Waals surface area contributed by atoms with Crippen LogP contribution < -0.4 is 4.74 Å². The van der Waals surface area contributed by atoms with E-state index in [9.17, 15) is 5.11 Å². The molecule has 1 N–H and O–H groups in total. The Labute approximate surface area is 113 Å². The number of benzene rings is 1. The Balaban J connectivity index is 1.97. The van der Waals surface area contributed by atoms with E-state index in [2.05, 4.69) is 0 Å². The van der Waals surface area contributed by atoms with Gasteiger partial charge in [0, 0.05) is 5.02 Å². The normalized spacial score (nSPS) is 12.4. The van der Waals surface area contributed by atoms with Crippen molar-refractivity contribution in [3.63, 3.8) is 0 Å². The van der Waals surface area contributed by atoms with Crippen molar-refractivity contribution in [3.05, 3.63) is 50.6 Å². The lowest BCUT2D eigenvalue weighted by Crippen LogP contribution is -2.08. The van der Waals surface area contributed by atoms with Crippen LogP contribution in [0.15, 0.2) is 35.7 Å². The summed E-state index contributed by atoms with van der Waals surface area (Å²) in [5.74, 6) is 0.629. The number of thiophene rings is 1. The smallest absolute Gasteiger partial charge is 0.124 e. The van der Waals surface area contributed by atoms with Crippen molar-refractivity contribution in [3.8, 4) is 5.75 Å². The fourth-order valence-corrected chi connectivity index (χ4v) is 2.68. The first kappa shape index (κ1) is 12.7. The summed E-state index contributed by atoms with van der Waals surface area (Å²) in [6, 6.07) is 8.80. The van der Waals surface area contributed by atoms with Gasteiger partial charge in [-0.1, -0.05) is 29.3 Å². The molecule has 2 nitrogen and oxygen atoms in total. The molecule has 5 heteroatoms. The molecular weight excluding hydrogens is 279 g/mol. The van der Waals surface area contributed by atoms with Crippen LogP contribution in [0.25, 0.3) is 0 Å². The number of ether oxygens (including phenoxy) is 1. The highest BCUT2D eigenvalue weighted by Gasteiger charge is 2.13. The molecule has 0 radical (unpaired) electrons. The summed E-state index contributed by atoms with van der Waals surface area (Å²) in [6.45, 7) is 0.153. The molecule has 0 aliphatic carbocycles. The molecule has 0 aliphatic heterocycles. The Morgan fingerprint density at radius 2 is 2.12 bits per heavy atom. The molecule has 1 aromatic carbocycles. The van der Waals surface area contributed by atoms with Gasteiger partial charge in [0.1, 0.15) is 18.5 Å². The number of hydrogen-bond donors (Lipinski definition) is 1. The molecule has 1 heterocycles. The van der Waals surface area contributed by atoms with Crippen LogP contribution in [-0.4, -0.2) is 11.7 Å². The highest BCUT2D eigenvalue weighted by molar-refractivity contribution is 7.10. The summed E-state index contributed by atoms with van der Waals surface area (Å²) >= 11 is 13.1. The van der Waals surface area contributed by atoms with Crippen LogP contribution in [0.1, 0.15) is 11.0 Å². The number of hydrogen-bond acceptors (Lipinski definition) is 3. The fourth-order valence-electron chi connectivity index (χ4n) is 1.35. The molecule has 0 spiro atoms. The molecule has 1 unspecified atom stereocenters. The van der Waals surface area contributed by atoms with Gasteiger partial charge < -0.3 is 9.84 Å². The number of halogens is 2. The fraction of sp³-hybridized carbons (Fsp3) is 0.167. The van der Waals surface area contributed by atoms with Crippen LogP contribution in [-0.2, 0) is 0 Å². The maximum absolute atomic E-state index is 9.89. The van der Waals surface area contributed by atoms with E-state index in [1.54, 1.807) is 30.3 Å². The monoisotopic (exact) mass is 288 g/mol. The number of aliphatic hydroxyl groups excluding tert-OH is 1. The molecule has 0 bridgehead atoms. The minimum atomic E-state index is -0.721. The van der Waals surface area contributed by atoms with Crippen LogP contribution in [0.5, 0.6) is 5.75 Å². The topological polar surface area (TPSA) is 29.5 Å². The van der Waals surface area contributed by atoms with Crippen LogP contribution >= 0.6 is 34.5 Å². The van der Waals surface area contributed by atoms with Crippen LogP contribution in [0.2, 0.25) is 10.0 Å². The standard InChI is InChI=1S/C12H10Cl2O2S/c13-8-2-1-3-9(6-8)16-7-11(15)12-10(14)4-5-17-12/h1-6,11,15H,7H2. The summed E-state index contributed by atoms with van der Waals surface area (Å²) in [5, 5.41) is 12.9. The number of aliphatic hydroxyl groups is 1. The summed E-state index contributed by atoms with van der Waals surface area (Å²) in [4.78, 5) is 0.716. The van der Waals surface area contributed by atoms with Gasteiger partial charge in [-0.25, -0.2) is 0 Å². The second kappa shape index (κ2) is 5.74. The molecule has 2 rings (SSSR count). The van der Waals surface area contributed by atoms with Crippen molar-refractivity contribution in [1.82, 2.24) is 0 Å². The third-order valence-corrected chi connectivity index (χ3v) is 3.85. The Morgan fingerprint density at radius 3 is 2.76 bits per heavy atom. The van der Waals surface area contributed by atoms with Crippen molar-refractivity contribution < 1.29 is 9.84 Å². The van der Waals surface area contributed by atoms with Crippen LogP contribution in [0, 0.1) is 0 Å². The molecule has 1 atom stereocenters. The summed E-state index contributed by atoms with van der Waals surface area (Å²) in [6.07, 6.45) is -0.721. The molecular formula is C12H10Cl2O2S. The zero-order chi connectivity index (χ0) is 12.3. The van der Waals surface area contributed by atoms with Gasteiger partial charge in [0.05, 0.1) is 9.90 Å². The van der Waals surface area contributed by atoms with Crippen LogP contribution in [0.3, 0.4) is 0 Å². The van der Waals surface area contributed by atoms with Gasteiger partial charge in [-0.3, -0.25) is 0 Å². The molecule has 2 aromatic rings. The molecule has 0 amide bonds. The van der Waals surface area contributed by atoms with E-state index in [-0.39, 0.29) is 6.61 Å². The lowest BCUT2D eigenvalue weighted by molar-refractivity contribution is 0.111. The van der Waals surface area contributed by atoms with E-state index < -0.39 is 6.10 Å². The highest BCUT2D eigenvalue weighted by atomic mass is 35.5. The van der Waals surface area contributed by atoms with E-state index in [4.69, 9.17) is 27.9 Å². The Morgan fingerprint density at radius 1 is 1.29 bits per heavy atom. The lowest BCUT2D eigenvalue weighted by Gasteiger charge is -2.11. The molecule has 90 valence electrons. The first-order valence-electron chi connectivity index (χ1n) is 4.96. The lowest BCUT2D eigenvalue weighted by atomic mass is 10.3. The highest BCUT2D eigenvalue weighted by Crippen LogP contribution is 2.29. The Kier molecular flexibility index (Phi) is 4.29. The quantitative estimate of drug-likeness (QED) is 0.915. The van der Waals surface area contributed by atoms with Gasteiger partial charge in [-0.05, 0) is 29.6 Å². The van der Waals surface area contributed by atoms with E-state index >= 15 is 0 Å². The first-order valence-corrected chi connectivity index (χ1v) is 6.59. The summed E-state index contributed by atoms with van der Waals surface area (Å²) < 4.78 is 5.44. The SMILES string of the molecule is OC(COc1cccc(Cl)c1)c1sccc1Cl. The summed E-state index contributed by atoms with van der Waals surface area (Å²) in [5.41, 5.74) is 0. The van der Waals surface area contributed by atoms with Gasteiger partial charge in [0.15, 0.2) is 0 Å². The molecule has 0 saturated heterocycles. The largest absolute Gasteiger partial charge is 0.490 e. The molecule has 0 fully saturated rings. The Hall–Kier alpha value is -0.740. The predicted octanol–water partition coefficient (Wildman–Crippen LogP) is 4.17. The van der Waals surface area contributed by atoms with Crippen molar-refractivity contribution >= 4 is 34.5 Å². The second-order valence-corrected chi connectivity index (χ2v) is 5.21. The maximum Gasteiger partial charge on any atom is 0.124 e. The average molecular weight is 289 g/mol. The zero-order valence-corrected chi connectivity index (χ0v) is 11.1. The van der Waals surface area contributed by atoms with Crippen molar-refractivity contribution in [1.29, 1.82) is 0 Å². The average Bonchev–Trinajstić information content (AvgIpc) is 2.72. The predicted molar refractivity (Wildman–Crippen MR) is 71.2 cm³/mol. The van der Waals surface area contributed by atoms with Gasteiger partial charge in [-0.2, -0.15) is 0 Å². The van der Waals surface area contributed by atoms with E-state index in [1.807, 2.05) is 5.38 Å². The third kappa shape index (κ3) is 3.36. The van der Waals surface area contributed by atoms with Gasteiger partial charge >= 0.3 is 0 Å². The van der Waals surface area contributed by atoms with E-state index in [1.165, 1.54) is 11.3 Å². The van der Waals surface area contributed by atoms with Crippen molar-refractivity contribution in [2.75, 3.05) is 6.61 Å². The minimum Gasteiger partial charge on any atom is -0.490 e. The minimum absolute atomic E-state index is 0.153. The van der Waals surface area contributed by atoms with E-state index in [0.717, 1.165) is 0 Å². The number of rotatable bonds is 4. The molecule has 17 heavy (non-hydrogen) atoms. The second-order valence-electron chi connectivity index (χ2n) is 3.42. The van der Waals surface area contributed by atoms with Crippen molar-refractivity contribution in [2.24, 2.45) is 0 Å². The van der Waals surface area contributed by atoms with Gasteiger partial charge in [0.25, 0.3) is 0 Å². The zero-order valence-electron chi connectivity index (χ0n) is 8.77. The van der Waals surface area contributed by atoms with E-state index in [0.29, 0.717) is 20.7 Å².